The molecule has 2 aromatic rings. The molecule has 0 atom stereocenters. The van der Waals surface area contributed by atoms with Gasteiger partial charge in [-0.25, -0.2) is 0 Å². The highest BCUT2D eigenvalue weighted by Gasteiger charge is 2.11. The van der Waals surface area contributed by atoms with Crippen LogP contribution in [0.1, 0.15) is 11.1 Å². The molecule has 2 nitrogen and oxygen atoms in total. The third-order valence-corrected chi connectivity index (χ3v) is 3.35. The molecule has 102 valence electrons. The summed E-state index contributed by atoms with van der Waals surface area (Å²) in [6, 6.07) is 11.8. The number of hydrogen-bond donors (Lipinski definition) is 2. The molecular weight excluding hydrogens is 244 g/mol. The average Bonchev–Trinajstić information content (AvgIpc) is 2.44. The van der Waals surface area contributed by atoms with Crippen LogP contribution in [-0.2, 0) is 12.8 Å². The van der Waals surface area contributed by atoms with Gasteiger partial charge in [0.25, 0.3) is 0 Å². The SMILES string of the molecule is C=CCc1cccc(-c2cc(N)ccc2N)c1CC=C. The Morgan fingerprint density at radius 1 is 0.900 bits per heavy atom. The zero-order chi connectivity index (χ0) is 14.5. The number of benzene rings is 2. The van der Waals surface area contributed by atoms with Crippen molar-refractivity contribution in [3.63, 3.8) is 0 Å². The van der Waals surface area contributed by atoms with Crippen molar-refractivity contribution in [1.29, 1.82) is 0 Å². The molecule has 0 aliphatic heterocycles. The van der Waals surface area contributed by atoms with E-state index in [9.17, 15) is 0 Å². The fourth-order valence-electron chi connectivity index (χ4n) is 2.43. The number of allylic oxidation sites excluding steroid dienone is 2. The van der Waals surface area contributed by atoms with Gasteiger partial charge in [-0.05, 0) is 47.7 Å². The summed E-state index contributed by atoms with van der Waals surface area (Å²) in [5.41, 5.74) is 18.0. The Morgan fingerprint density at radius 2 is 1.65 bits per heavy atom. The molecule has 0 fully saturated rings. The van der Waals surface area contributed by atoms with Crippen LogP contribution in [0, 0.1) is 0 Å². The summed E-state index contributed by atoms with van der Waals surface area (Å²) < 4.78 is 0. The predicted molar refractivity (Wildman–Crippen MR) is 88.5 cm³/mol. The Labute approximate surface area is 120 Å². The summed E-state index contributed by atoms with van der Waals surface area (Å²) in [6.45, 7) is 7.67. The number of nitrogens with two attached hydrogens (primary N) is 2. The van der Waals surface area contributed by atoms with Gasteiger partial charge in [0.2, 0.25) is 0 Å². The maximum atomic E-state index is 6.11. The molecule has 0 aliphatic rings. The van der Waals surface area contributed by atoms with Crippen molar-refractivity contribution in [2.24, 2.45) is 0 Å². The van der Waals surface area contributed by atoms with Crippen molar-refractivity contribution in [2.75, 3.05) is 11.5 Å². The lowest BCUT2D eigenvalue weighted by Crippen LogP contribution is -1.99. The van der Waals surface area contributed by atoms with E-state index in [1.54, 1.807) is 0 Å². The Kier molecular flexibility index (Phi) is 4.26. The van der Waals surface area contributed by atoms with Crippen LogP contribution in [0.5, 0.6) is 0 Å². The van der Waals surface area contributed by atoms with Gasteiger partial charge in [0.15, 0.2) is 0 Å². The molecular formula is C18H20N2. The maximum absolute atomic E-state index is 6.11. The minimum absolute atomic E-state index is 0.716. The van der Waals surface area contributed by atoms with E-state index in [1.165, 1.54) is 11.1 Å². The molecule has 2 aromatic carbocycles. The van der Waals surface area contributed by atoms with Gasteiger partial charge >= 0.3 is 0 Å². The lowest BCUT2D eigenvalue weighted by atomic mass is 9.91. The van der Waals surface area contributed by atoms with E-state index in [2.05, 4.69) is 25.3 Å². The Morgan fingerprint density at radius 3 is 2.35 bits per heavy atom. The molecule has 0 aromatic heterocycles. The summed E-state index contributed by atoms with van der Waals surface area (Å²) in [6.07, 6.45) is 5.45. The Hall–Kier alpha value is -2.48. The lowest BCUT2D eigenvalue weighted by Gasteiger charge is -2.15. The zero-order valence-corrected chi connectivity index (χ0v) is 11.6. The number of rotatable bonds is 5. The molecule has 0 amide bonds. The molecule has 2 rings (SSSR count). The van der Waals surface area contributed by atoms with Crippen LogP contribution < -0.4 is 11.5 Å². The number of anilines is 2. The van der Waals surface area contributed by atoms with E-state index in [0.717, 1.165) is 29.7 Å². The van der Waals surface area contributed by atoms with Crippen molar-refractivity contribution in [3.05, 3.63) is 72.8 Å². The van der Waals surface area contributed by atoms with E-state index < -0.39 is 0 Å². The van der Waals surface area contributed by atoms with Crippen LogP contribution >= 0.6 is 0 Å². The van der Waals surface area contributed by atoms with Gasteiger partial charge in [-0.15, -0.1) is 13.2 Å². The van der Waals surface area contributed by atoms with Gasteiger partial charge in [0.1, 0.15) is 0 Å². The molecule has 0 saturated heterocycles. The van der Waals surface area contributed by atoms with Gasteiger partial charge in [0.05, 0.1) is 0 Å². The van der Waals surface area contributed by atoms with Crippen molar-refractivity contribution < 1.29 is 0 Å². The highest BCUT2D eigenvalue weighted by atomic mass is 14.6. The smallest absolute Gasteiger partial charge is 0.0395 e. The van der Waals surface area contributed by atoms with Crippen LogP contribution in [0.4, 0.5) is 11.4 Å². The number of hydrogen-bond acceptors (Lipinski definition) is 2. The summed E-state index contributed by atoms with van der Waals surface area (Å²) in [5.74, 6) is 0. The molecule has 0 saturated carbocycles. The Balaban J connectivity index is 2.66. The largest absolute Gasteiger partial charge is 0.399 e. The zero-order valence-electron chi connectivity index (χ0n) is 11.6. The van der Waals surface area contributed by atoms with Crippen LogP contribution in [0.25, 0.3) is 11.1 Å². The van der Waals surface area contributed by atoms with E-state index in [-0.39, 0.29) is 0 Å². The summed E-state index contributed by atoms with van der Waals surface area (Å²) in [4.78, 5) is 0. The third kappa shape index (κ3) is 2.75. The van der Waals surface area contributed by atoms with Gasteiger partial charge in [-0.2, -0.15) is 0 Å². The van der Waals surface area contributed by atoms with Crippen LogP contribution in [0.15, 0.2) is 61.7 Å². The molecule has 0 radical (unpaired) electrons. The lowest BCUT2D eigenvalue weighted by molar-refractivity contribution is 1.16. The highest BCUT2D eigenvalue weighted by Crippen LogP contribution is 2.33. The average molecular weight is 264 g/mol. The van der Waals surface area contributed by atoms with E-state index in [0.29, 0.717) is 5.69 Å². The maximum Gasteiger partial charge on any atom is 0.0395 e. The van der Waals surface area contributed by atoms with E-state index >= 15 is 0 Å². The normalized spacial score (nSPS) is 10.2. The molecule has 0 bridgehead atoms. The second-order valence-electron chi connectivity index (χ2n) is 4.78. The fraction of sp³-hybridized carbons (Fsp3) is 0.111. The first-order chi connectivity index (χ1) is 9.67. The third-order valence-electron chi connectivity index (χ3n) is 3.35. The van der Waals surface area contributed by atoms with E-state index in [1.807, 2.05) is 36.4 Å². The van der Waals surface area contributed by atoms with Gasteiger partial charge in [-0.1, -0.05) is 30.4 Å². The molecule has 0 heterocycles. The van der Waals surface area contributed by atoms with Crippen LogP contribution in [0.2, 0.25) is 0 Å². The summed E-state index contributed by atoms with van der Waals surface area (Å²) in [7, 11) is 0. The number of nitrogen functional groups attached to an aromatic ring is 2. The summed E-state index contributed by atoms with van der Waals surface area (Å²) in [5, 5.41) is 0. The first kappa shape index (κ1) is 13.9. The van der Waals surface area contributed by atoms with Crippen molar-refractivity contribution in [2.45, 2.75) is 12.8 Å². The molecule has 0 unspecified atom stereocenters. The van der Waals surface area contributed by atoms with E-state index in [4.69, 9.17) is 11.5 Å². The monoisotopic (exact) mass is 264 g/mol. The topological polar surface area (TPSA) is 52.0 Å². The quantitative estimate of drug-likeness (QED) is 0.634. The van der Waals surface area contributed by atoms with Crippen molar-refractivity contribution in [1.82, 2.24) is 0 Å². The van der Waals surface area contributed by atoms with Crippen LogP contribution in [0.3, 0.4) is 0 Å². The van der Waals surface area contributed by atoms with Crippen molar-refractivity contribution >= 4 is 11.4 Å². The molecule has 20 heavy (non-hydrogen) atoms. The van der Waals surface area contributed by atoms with Gasteiger partial charge < -0.3 is 11.5 Å². The first-order valence-corrected chi connectivity index (χ1v) is 6.65. The van der Waals surface area contributed by atoms with Crippen LogP contribution in [-0.4, -0.2) is 0 Å². The predicted octanol–water partition coefficient (Wildman–Crippen LogP) is 3.98. The second kappa shape index (κ2) is 6.11. The standard InChI is InChI=1S/C18H20N2/c1-3-6-13-8-5-9-16(15(13)7-4-2)17-12-14(19)10-11-18(17)20/h3-5,8-12H,1-2,6-7,19-20H2. The molecule has 2 heteroatoms. The van der Waals surface area contributed by atoms with Gasteiger partial charge in [-0.3, -0.25) is 0 Å². The van der Waals surface area contributed by atoms with Crippen molar-refractivity contribution in [3.8, 4) is 11.1 Å². The minimum Gasteiger partial charge on any atom is -0.399 e. The molecule has 0 aliphatic carbocycles. The second-order valence-corrected chi connectivity index (χ2v) is 4.78. The summed E-state index contributed by atoms with van der Waals surface area (Å²) >= 11 is 0. The first-order valence-electron chi connectivity index (χ1n) is 6.65. The fourth-order valence-corrected chi connectivity index (χ4v) is 2.43. The highest BCUT2D eigenvalue weighted by molar-refractivity contribution is 5.82. The Bertz CT molecular complexity index is 642. The van der Waals surface area contributed by atoms with Gasteiger partial charge in [0, 0.05) is 16.9 Å². The molecule has 0 spiro atoms. The minimum atomic E-state index is 0.716. The molecule has 4 N–H and O–H groups in total.